The Morgan fingerprint density at radius 3 is 2.32 bits per heavy atom. The Labute approximate surface area is 217 Å². The number of amides is 2. The highest BCUT2D eigenvalue weighted by Crippen LogP contribution is 2.36. The second-order valence-corrected chi connectivity index (χ2v) is 10.1. The van der Waals surface area contributed by atoms with Gasteiger partial charge in [0.2, 0.25) is 0 Å². The van der Waals surface area contributed by atoms with E-state index in [-0.39, 0.29) is 31.1 Å². The minimum atomic E-state index is -0.971. The van der Waals surface area contributed by atoms with Gasteiger partial charge in [-0.2, -0.15) is 0 Å². The monoisotopic (exact) mass is 502 g/mol. The van der Waals surface area contributed by atoms with Crippen molar-refractivity contribution in [2.45, 2.75) is 57.2 Å². The van der Waals surface area contributed by atoms with E-state index in [1.165, 1.54) is 4.90 Å². The lowest BCUT2D eigenvalue weighted by atomic mass is 9.91. The highest BCUT2D eigenvalue weighted by atomic mass is 16.4. The predicted octanol–water partition coefficient (Wildman–Crippen LogP) is 4.38. The molecule has 8 heteroatoms. The van der Waals surface area contributed by atoms with Crippen molar-refractivity contribution in [3.8, 4) is 11.3 Å². The fourth-order valence-corrected chi connectivity index (χ4v) is 5.86. The molecule has 0 bridgehead atoms. The molecule has 0 spiro atoms. The van der Waals surface area contributed by atoms with E-state index in [1.54, 1.807) is 4.90 Å². The van der Waals surface area contributed by atoms with E-state index >= 15 is 0 Å². The third kappa shape index (κ3) is 5.11. The van der Waals surface area contributed by atoms with Crippen LogP contribution in [0.5, 0.6) is 0 Å². The number of hydrogen-bond acceptors (Lipinski definition) is 4. The van der Waals surface area contributed by atoms with E-state index in [0.717, 1.165) is 42.5 Å². The maximum absolute atomic E-state index is 14.2. The quantitative estimate of drug-likeness (QED) is 0.540. The predicted molar refractivity (Wildman–Crippen MR) is 140 cm³/mol. The Morgan fingerprint density at radius 2 is 1.65 bits per heavy atom. The first kappa shape index (κ1) is 25.0. The molecule has 3 aromatic rings. The molecule has 2 fully saturated rings. The van der Waals surface area contributed by atoms with E-state index in [1.807, 2.05) is 67.6 Å². The smallest absolute Gasteiger partial charge is 0.407 e. The Hall–Kier alpha value is -3.65. The summed E-state index contributed by atoms with van der Waals surface area (Å²) in [4.78, 5) is 34.0. The molecule has 1 aromatic heterocycles. The fourth-order valence-electron chi connectivity index (χ4n) is 5.86. The summed E-state index contributed by atoms with van der Waals surface area (Å²) in [5.41, 5.74) is 3.03. The van der Waals surface area contributed by atoms with Crippen molar-refractivity contribution >= 4 is 12.0 Å². The van der Waals surface area contributed by atoms with E-state index in [4.69, 9.17) is 4.98 Å². The van der Waals surface area contributed by atoms with Crippen molar-refractivity contribution in [2.24, 2.45) is 0 Å². The SMILES string of the molecule is Cc1nc(C(=O)N2CCN(C(=O)O)C[C@H]2Cc2ccccc2)c(-c2ccccc2)n1[C@@H]1CCCC[C@H]1O. The summed E-state index contributed by atoms with van der Waals surface area (Å²) in [6, 6.07) is 19.2. The number of aromatic nitrogens is 2. The minimum Gasteiger partial charge on any atom is -0.465 e. The zero-order chi connectivity index (χ0) is 25.9. The van der Waals surface area contributed by atoms with Gasteiger partial charge in [0.05, 0.1) is 23.9 Å². The minimum absolute atomic E-state index is 0.137. The van der Waals surface area contributed by atoms with E-state index < -0.39 is 12.2 Å². The molecule has 2 aromatic carbocycles. The van der Waals surface area contributed by atoms with Crippen molar-refractivity contribution in [1.82, 2.24) is 19.4 Å². The Morgan fingerprint density at radius 1 is 0.973 bits per heavy atom. The van der Waals surface area contributed by atoms with Gasteiger partial charge in [0.25, 0.3) is 5.91 Å². The number of carbonyl (C=O) groups excluding carboxylic acids is 1. The lowest BCUT2D eigenvalue weighted by Gasteiger charge is -2.40. The molecule has 1 aliphatic heterocycles. The van der Waals surface area contributed by atoms with E-state index in [9.17, 15) is 19.8 Å². The number of imidazole rings is 1. The Bertz CT molecular complexity index is 1240. The maximum atomic E-state index is 14.2. The van der Waals surface area contributed by atoms with Gasteiger partial charge >= 0.3 is 6.09 Å². The van der Waals surface area contributed by atoms with Gasteiger partial charge in [-0.1, -0.05) is 73.5 Å². The Balaban J connectivity index is 1.55. The number of aliphatic hydroxyl groups is 1. The molecule has 1 saturated carbocycles. The maximum Gasteiger partial charge on any atom is 0.407 e. The van der Waals surface area contributed by atoms with Crippen molar-refractivity contribution in [1.29, 1.82) is 0 Å². The van der Waals surface area contributed by atoms with Gasteiger partial charge in [0.15, 0.2) is 5.69 Å². The molecule has 2 aliphatic rings. The molecule has 5 rings (SSSR count). The number of benzene rings is 2. The van der Waals surface area contributed by atoms with Crippen LogP contribution >= 0.6 is 0 Å². The second kappa shape index (κ2) is 10.8. The van der Waals surface area contributed by atoms with Gasteiger partial charge in [-0.05, 0) is 31.7 Å². The summed E-state index contributed by atoms with van der Waals surface area (Å²) in [7, 11) is 0. The number of carbonyl (C=O) groups is 2. The highest BCUT2D eigenvalue weighted by Gasteiger charge is 2.37. The average Bonchev–Trinajstić information content (AvgIpc) is 3.26. The summed E-state index contributed by atoms with van der Waals surface area (Å²) in [5, 5.41) is 20.5. The molecule has 194 valence electrons. The summed E-state index contributed by atoms with van der Waals surface area (Å²) in [5.74, 6) is 0.508. The van der Waals surface area contributed by atoms with Crippen molar-refractivity contribution in [2.75, 3.05) is 19.6 Å². The van der Waals surface area contributed by atoms with Crippen LogP contribution in [0.1, 0.15) is 53.6 Å². The van der Waals surface area contributed by atoms with Crippen LogP contribution in [-0.2, 0) is 6.42 Å². The molecule has 2 heterocycles. The van der Waals surface area contributed by atoms with Gasteiger partial charge in [-0.3, -0.25) is 4.79 Å². The fraction of sp³-hybridized carbons (Fsp3) is 0.414. The third-order valence-corrected chi connectivity index (χ3v) is 7.69. The second-order valence-electron chi connectivity index (χ2n) is 10.1. The first-order chi connectivity index (χ1) is 17.9. The molecule has 0 unspecified atom stereocenters. The molecular formula is C29H34N4O4. The zero-order valence-corrected chi connectivity index (χ0v) is 21.2. The highest BCUT2D eigenvalue weighted by molar-refractivity contribution is 5.99. The molecule has 8 nitrogen and oxygen atoms in total. The lowest BCUT2D eigenvalue weighted by molar-refractivity contribution is 0.0446. The van der Waals surface area contributed by atoms with Crippen LogP contribution in [0.15, 0.2) is 60.7 Å². The number of aryl methyl sites for hydroxylation is 1. The summed E-state index contributed by atoms with van der Waals surface area (Å²) in [6.07, 6.45) is 2.67. The standard InChI is InChI=1S/C29H34N4O4/c1-20-30-26(27(22-12-6-3-7-13-22)33(20)24-14-8-9-15-25(24)34)28(35)32-17-16-31(29(36)37)19-23(32)18-21-10-4-2-5-11-21/h2-7,10-13,23-25,34H,8-9,14-19H2,1H3,(H,36,37)/t23-,24-,25-/m1/s1. The van der Waals surface area contributed by atoms with Crippen LogP contribution in [-0.4, -0.2) is 73.3 Å². The van der Waals surface area contributed by atoms with Crippen molar-refractivity contribution < 1.29 is 19.8 Å². The lowest BCUT2D eigenvalue weighted by Crippen LogP contribution is -2.57. The topological polar surface area (TPSA) is 98.9 Å². The molecule has 0 radical (unpaired) electrons. The van der Waals surface area contributed by atoms with Gasteiger partial charge < -0.3 is 24.6 Å². The molecule has 1 saturated heterocycles. The number of nitrogens with zero attached hydrogens (tertiary/aromatic N) is 4. The van der Waals surface area contributed by atoms with Crippen LogP contribution in [0, 0.1) is 6.92 Å². The largest absolute Gasteiger partial charge is 0.465 e. The summed E-state index contributed by atoms with van der Waals surface area (Å²) >= 11 is 0. The summed E-state index contributed by atoms with van der Waals surface area (Å²) in [6.45, 7) is 2.70. The first-order valence-corrected chi connectivity index (χ1v) is 13.1. The van der Waals surface area contributed by atoms with Gasteiger partial charge in [-0.15, -0.1) is 0 Å². The zero-order valence-electron chi connectivity index (χ0n) is 21.2. The van der Waals surface area contributed by atoms with Crippen LogP contribution in [0.4, 0.5) is 4.79 Å². The molecule has 2 N–H and O–H groups in total. The van der Waals surface area contributed by atoms with Crippen LogP contribution in [0.3, 0.4) is 0 Å². The third-order valence-electron chi connectivity index (χ3n) is 7.69. The average molecular weight is 503 g/mol. The van der Waals surface area contributed by atoms with Crippen molar-refractivity contribution in [3.63, 3.8) is 0 Å². The van der Waals surface area contributed by atoms with E-state index in [2.05, 4.69) is 4.57 Å². The Kier molecular flexibility index (Phi) is 7.28. The first-order valence-electron chi connectivity index (χ1n) is 13.1. The number of hydrogen-bond donors (Lipinski definition) is 2. The van der Waals surface area contributed by atoms with E-state index in [0.29, 0.717) is 24.5 Å². The van der Waals surface area contributed by atoms with Gasteiger partial charge in [0.1, 0.15) is 5.82 Å². The van der Waals surface area contributed by atoms with Crippen LogP contribution in [0.25, 0.3) is 11.3 Å². The molecule has 1 aliphatic carbocycles. The van der Waals surface area contributed by atoms with Gasteiger partial charge in [-0.25, -0.2) is 9.78 Å². The number of piperazine rings is 1. The molecule has 3 atom stereocenters. The van der Waals surface area contributed by atoms with Crippen molar-refractivity contribution in [3.05, 3.63) is 77.7 Å². The van der Waals surface area contributed by atoms with Crippen LogP contribution in [0.2, 0.25) is 0 Å². The number of rotatable bonds is 5. The number of aliphatic hydroxyl groups excluding tert-OH is 1. The number of carboxylic acid groups (broad SMARTS) is 1. The molecular weight excluding hydrogens is 468 g/mol. The van der Waals surface area contributed by atoms with Crippen LogP contribution < -0.4 is 0 Å². The summed E-state index contributed by atoms with van der Waals surface area (Å²) < 4.78 is 2.06. The normalized spacial score (nSPS) is 22.2. The van der Waals surface area contributed by atoms with Gasteiger partial charge in [0, 0.05) is 25.2 Å². The molecule has 37 heavy (non-hydrogen) atoms. The molecule has 2 amide bonds.